The SMILES string of the molecule is Cc1nn(C)c(C2CCCN2)c1C1CCCC1. The van der Waals surface area contributed by atoms with E-state index >= 15 is 0 Å². The van der Waals surface area contributed by atoms with Crippen LogP contribution in [-0.2, 0) is 7.05 Å². The lowest BCUT2D eigenvalue weighted by Crippen LogP contribution is -2.18. The molecule has 2 heterocycles. The summed E-state index contributed by atoms with van der Waals surface area (Å²) >= 11 is 0. The summed E-state index contributed by atoms with van der Waals surface area (Å²) in [6, 6.07) is 0.553. The molecule has 1 aliphatic carbocycles. The molecule has 94 valence electrons. The predicted octanol–water partition coefficient (Wildman–Crippen LogP) is 2.81. The van der Waals surface area contributed by atoms with Gasteiger partial charge in [0.15, 0.2) is 0 Å². The van der Waals surface area contributed by atoms with E-state index in [1.54, 1.807) is 5.56 Å². The average Bonchev–Trinajstić information content (AvgIpc) is 2.98. The van der Waals surface area contributed by atoms with E-state index in [-0.39, 0.29) is 0 Å². The predicted molar refractivity (Wildman–Crippen MR) is 69.1 cm³/mol. The van der Waals surface area contributed by atoms with Gasteiger partial charge in [0.05, 0.1) is 11.4 Å². The van der Waals surface area contributed by atoms with Gasteiger partial charge in [-0.15, -0.1) is 0 Å². The molecule has 0 bridgehead atoms. The summed E-state index contributed by atoms with van der Waals surface area (Å²) in [5, 5.41) is 8.31. The molecule has 1 aromatic rings. The number of nitrogens with one attached hydrogen (secondary N) is 1. The van der Waals surface area contributed by atoms with Crippen molar-refractivity contribution in [2.24, 2.45) is 7.05 Å². The third-order valence-electron chi connectivity index (χ3n) is 4.47. The van der Waals surface area contributed by atoms with Crippen LogP contribution >= 0.6 is 0 Å². The molecular formula is C14H23N3. The third-order valence-corrected chi connectivity index (χ3v) is 4.47. The molecule has 1 aromatic heterocycles. The molecule has 1 atom stereocenters. The lowest BCUT2D eigenvalue weighted by atomic mass is 9.92. The highest BCUT2D eigenvalue weighted by Crippen LogP contribution is 2.40. The van der Waals surface area contributed by atoms with E-state index in [4.69, 9.17) is 0 Å². The smallest absolute Gasteiger partial charge is 0.0631 e. The molecule has 3 heteroatoms. The fourth-order valence-electron chi connectivity index (χ4n) is 3.74. The molecule has 1 saturated carbocycles. The Bertz CT molecular complexity index is 359. The highest BCUT2D eigenvalue weighted by Gasteiger charge is 2.30. The molecule has 17 heavy (non-hydrogen) atoms. The minimum atomic E-state index is 0.553. The molecule has 1 N–H and O–H groups in total. The van der Waals surface area contributed by atoms with Crippen LogP contribution in [0.5, 0.6) is 0 Å². The Kier molecular flexibility index (Phi) is 2.95. The first-order valence-corrected chi connectivity index (χ1v) is 7.04. The van der Waals surface area contributed by atoms with Gasteiger partial charge in [-0.05, 0) is 45.1 Å². The monoisotopic (exact) mass is 233 g/mol. The zero-order valence-corrected chi connectivity index (χ0v) is 11.0. The molecule has 3 rings (SSSR count). The van der Waals surface area contributed by atoms with Crippen LogP contribution in [0.25, 0.3) is 0 Å². The summed E-state index contributed by atoms with van der Waals surface area (Å²) < 4.78 is 2.13. The maximum Gasteiger partial charge on any atom is 0.0631 e. The largest absolute Gasteiger partial charge is 0.309 e. The maximum atomic E-state index is 4.68. The fourth-order valence-corrected chi connectivity index (χ4v) is 3.74. The molecule has 1 unspecified atom stereocenters. The Balaban J connectivity index is 1.99. The van der Waals surface area contributed by atoms with Gasteiger partial charge in [0, 0.05) is 18.7 Å². The highest BCUT2D eigenvalue weighted by molar-refractivity contribution is 5.33. The van der Waals surface area contributed by atoms with Crippen LogP contribution in [0.1, 0.15) is 67.4 Å². The Morgan fingerprint density at radius 1 is 1.18 bits per heavy atom. The van der Waals surface area contributed by atoms with Crippen molar-refractivity contribution in [1.82, 2.24) is 15.1 Å². The van der Waals surface area contributed by atoms with Crippen LogP contribution in [0.15, 0.2) is 0 Å². The van der Waals surface area contributed by atoms with Crippen molar-refractivity contribution in [3.05, 3.63) is 17.0 Å². The number of aryl methyl sites for hydroxylation is 2. The fraction of sp³-hybridized carbons (Fsp3) is 0.786. The molecule has 0 spiro atoms. The average molecular weight is 233 g/mol. The van der Waals surface area contributed by atoms with E-state index in [0.717, 1.165) is 5.92 Å². The van der Waals surface area contributed by atoms with E-state index < -0.39 is 0 Å². The molecule has 3 nitrogen and oxygen atoms in total. The summed E-state index contributed by atoms with van der Waals surface area (Å²) in [7, 11) is 2.11. The van der Waals surface area contributed by atoms with Gasteiger partial charge < -0.3 is 5.32 Å². The topological polar surface area (TPSA) is 29.9 Å². The normalized spacial score (nSPS) is 25.9. The molecule has 1 saturated heterocycles. The van der Waals surface area contributed by atoms with Crippen molar-refractivity contribution in [3.63, 3.8) is 0 Å². The van der Waals surface area contributed by atoms with Crippen LogP contribution < -0.4 is 5.32 Å². The van der Waals surface area contributed by atoms with E-state index in [9.17, 15) is 0 Å². The second-order valence-corrected chi connectivity index (χ2v) is 5.64. The van der Waals surface area contributed by atoms with Crippen molar-refractivity contribution in [1.29, 1.82) is 0 Å². The van der Waals surface area contributed by atoms with Crippen molar-refractivity contribution in [2.75, 3.05) is 6.54 Å². The summed E-state index contributed by atoms with van der Waals surface area (Å²) in [6.45, 7) is 3.35. The van der Waals surface area contributed by atoms with Crippen molar-refractivity contribution in [2.45, 2.75) is 57.4 Å². The van der Waals surface area contributed by atoms with Gasteiger partial charge in [0.1, 0.15) is 0 Å². The molecule has 0 amide bonds. The standard InChI is InChI=1S/C14H23N3/c1-10-13(11-6-3-4-7-11)14(17(2)16-10)12-8-5-9-15-12/h11-12,15H,3-9H2,1-2H3. The zero-order valence-electron chi connectivity index (χ0n) is 11.0. The number of hydrogen-bond donors (Lipinski definition) is 1. The first-order valence-electron chi connectivity index (χ1n) is 7.04. The van der Waals surface area contributed by atoms with Gasteiger partial charge in [-0.1, -0.05) is 12.8 Å². The Morgan fingerprint density at radius 2 is 1.94 bits per heavy atom. The third kappa shape index (κ3) is 1.90. The van der Waals surface area contributed by atoms with Crippen molar-refractivity contribution >= 4 is 0 Å². The Hall–Kier alpha value is -0.830. The number of nitrogens with zero attached hydrogens (tertiary/aromatic N) is 2. The molecule has 0 aromatic carbocycles. The summed E-state index contributed by atoms with van der Waals surface area (Å²) in [5.74, 6) is 0.779. The first kappa shape index (κ1) is 11.3. The van der Waals surface area contributed by atoms with Crippen molar-refractivity contribution < 1.29 is 0 Å². The summed E-state index contributed by atoms with van der Waals surface area (Å²) in [5.41, 5.74) is 4.32. The molecule has 0 radical (unpaired) electrons. The van der Waals surface area contributed by atoms with E-state index in [2.05, 4.69) is 29.1 Å². The second kappa shape index (κ2) is 4.45. The lowest BCUT2D eigenvalue weighted by molar-refractivity contribution is 0.559. The number of aromatic nitrogens is 2. The quantitative estimate of drug-likeness (QED) is 0.851. The Morgan fingerprint density at radius 3 is 2.59 bits per heavy atom. The molecule has 1 aliphatic heterocycles. The van der Waals surface area contributed by atoms with Gasteiger partial charge in [0.2, 0.25) is 0 Å². The van der Waals surface area contributed by atoms with E-state index in [1.807, 2.05) is 0 Å². The van der Waals surface area contributed by atoms with Crippen LogP contribution in [0, 0.1) is 6.92 Å². The van der Waals surface area contributed by atoms with Gasteiger partial charge in [0.25, 0.3) is 0 Å². The molecule has 2 fully saturated rings. The van der Waals surface area contributed by atoms with Crippen LogP contribution in [0.4, 0.5) is 0 Å². The maximum absolute atomic E-state index is 4.68. The van der Waals surface area contributed by atoms with Gasteiger partial charge in [-0.3, -0.25) is 4.68 Å². The zero-order chi connectivity index (χ0) is 11.8. The highest BCUT2D eigenvalue weighted by atomic mass is 15.3. The van der Waals surface area contributed by atoms with E-state index in [1.165, 1.54) is 56.5 Å². The minimum absolute atomic E-state index is 0.553. The van der Waals surface area contributed by atoms with Crippen LogP contribution in [-0.4, -0.2) is 16.3 Å². The summed E-state index contributed by atoms with van der Waals surface area (Å²) in [4.78, 5) is 0. The van der Waals surface area contributed by atoms with Gasteiger partial charge in [-0.25, -0.2) is 0 Å². The summed E-state index contributed by atoms with van der Waals surface area (Å²) in [6.07, 6.45) is 8.11. The second-order valence-electron chi connectivity index (χ2n) is 5.64. The van der Waals surface area contributed by atoms with Crippen molar-refractivity contribution in [3.8, 4) is 0 Å². The number of rotatable bonds is 2. The van der Waals surface area contributed by atoms with Crippen LogP contribution in [0.2, 0.25) is 0 Å². The van der Waals surface area contributed by atoms with E-state index in [0.29, 0.717) is 6.04 Å². The minimum Gasteiger partial charge on any atom is -0.309 e. The first-order chi connectivity index (χ1) is 8.27. The molecular weight excluding hydrogens is 210 g/mol. The van der Waals surface area contributed by atoms with Crippen LogP contribution in [0.3, 0.4) is 0 Å². The molecule has 2 aliphatic rings. The lowest BCUT2D eigenvalue weighted by Gasteiger charge is -2.17. The number of hydrogen-bond acceptors (Lipinski definition) is 2. The van der Waals surface area contributed by atoms with Gasteiger partial charge >= 0.3 is 0 Å². The Labute approximate surface area is 104 Å². The van der Waals surface area contributed by atoms with Gasteiger partial charge in [-0.2, -0.15) is 5.10 Å².